The van der Waals surface area contributed by atoms with E-state index in [0.29, 0.717) is 18.9 Å². The smallest absolute Gasteiger partial charge is 0.308 e. The van der Waals surface area contributed by atoms with Gasteiger partial charge in [-0.15, -0.1) is 11.3 Å². The summed E-state index contributed by atoms with van der Waals surface area (Å²) in [6.45, 7) is 1.12. The molecule has 8 heteroatoms. The first kappa shape index (κ1) is 13.7. The number of nitrogens with one attached hydrogen (secondary N) is 1. The van der Waals surface area contributed by atoms with E-state index in [1.165, 1.54) is 24.8 Å². The number of hydrogen-bond donors (Lipinski definition) is 1. The molecule has 2 aromatic rings. The predicted molar refractivity (Wildman–Crippen MR) is 78.2 cm³/mol. The van der Waals surface area contributed by atoms with Crippen molar-refractivity contribution in [2.75, 3.05) is 25.1 Å². The van der Waals surface area contributed by atoms with Crippen LogP contribution in [0.2, 0.25) is 0 Å². The molecular weight excluding hydrogens is 292 g/mol. The van der Waals surface area contributed by atoms with E-state index in [1.54, 1.807) is 0 Å². The van der Waals surface area contributed by atoms with Gasteiger partial charge in [0.2, 0.25) is 5.91 Å². The summed E-state index contributed by atoms with van der Waals surface area (Å²) >= 11 is 1.52. The van der Waals surface area contributed by atoms with Crippen molar-refractivity contribution in [1.29, 1.82) is 0 Å². The summed E-state index contributed by atoms with van der Waals surface area (Å²) in [7, 11) is 1.32. The minimum Gasteiger partial charge on any atom is -0.469 e. The zero-order valence-corrected chi connectivity index (χ0v) is 12.2. The average Bonchev–Trinajstić information content (AvgIpc) is 2.97. The van der Waals surface area contributed by atoms with Crippen LogP contribution in [0.15, 0.2) is 17.8 Å². The highest BCUT2D eigenvalue weighted by molar-refractivity contribution is 7.17. The number of aromatic nitrogens is 2. The lowest BCUT2D eigenvalue weighted by Gasteiger charge is -2.35. The number of carbonyl (C=O) groups is 2. The molecule has 0 aromatic carbocycles. The molecule has 1 aliphatic heterocycles. The van der Waals surface area contributed by atoms with Crippen molar-refractivity contribution >= 4 is 39.2 Å². The largest absolute Gasteiger partial charge is 0.469 e. The number of thiophene rings is 1. The minimum atomic E-state index is -0.605. The first-order valence-corrected chi connectivity index (χ1v) is 7.38. The van der Waals surface area contributed by atoms with Gasteiger partial charge in [-0.25, -0.2) is 9.97 Å². The Balaban J connectivity index is 1.99. The number of methoxy groups -OCH3 is 1. The van der Waals surface area contributed by atoms with Gasteiger partial charge >= 0.3 is 5.97 Å². The fourth-order valence-corrected chi connectivity index (χ4v) is 3.24. The predicted octanol–water partition coefficient (Wildman–Crippen LogP) is 0.559. The van der Waals surface area contributed by atoms with Crippen LogP contribution in [0.1, 0.15) is 6.42 Å². The zero-order chi connectivity index (χ0) is 14.8. The second-order valence-corrected chi connectivity index (χ2v) is 5.53. The number of carbonyl (C=O) groups excluding carboxylic acids is 2. The molecule has 3 rings (SSSR count). The van der Waals surface area contributed by atoms with Crippen LogP contribution in [0, 0.1) is 0 Å². The molecule has 1 amide bonds. The number of nitrogens with zero attached hydrogens (tertiary/aromatic N) is 3. The first-order valence-electron chi connectivity index (χ1n) is 6.50. The number of amides is 1. The highest BCUT2D eigenvalue weighted by Crippen LogP contribution is 2.30. The molecule has 0 aliphatic carbocycles. The Labute approximate surface area is 124 Å². The molecule has 0 spiro atoms. The van der Waals surface area contributed by atoms with E-state index in [2.05, 4.69) is 20.0 Å². The van der Waals surface area contributed by atoms with Crippen molar-refractivity contribution in [1.82, 2.24) is 15.3 Å². The molecule has 0 bridgehead atoms. The Morgan fingerprint density at radius 3 is 3.24 bits per heavy atom. The highest BCUT2D eigenvalue weighted by Gasteiger charge is 2.33. The third kappa shape index (κ3) is 2.54. The first-order chi connectivity index (χ1) is 10.2. The quantitative estimate of drug-likeness (QED) is 0.834. The van der Waals surface area contributed by atoms with Gasteiger partial charge in [0.15, 0.2) is 5.82 Å². The van der Waals surface area contributed by atoms with E-state index in [1.807, 2.05) is 16.3 Å². The number of fused-ring (bicyclic) bond motifs is 1. The van der Waals surface area contributed by atoms with Gasteiger partial charge in [0.05, 0.1) is 23.7 Å². The lowest BCUT2D eigenvalue weighted by molar-refractivity contribution is -0.143. The van der Waals surface area contributed by atoms with E-state index in [9.17, 15) is 9.59 Å². The number of anilines is 1. The van der Waals surface area contributed by atoms with Crippen LogP contribution in [0.4, 0.5) is 5.82 Å². The van der Waals surface area contributed by atoms with E-state index in [4.69, 9.17) is 0 Å². The van der Waals surface area contributed by atoms with Crippen LogP contribution in [0.5, 0.6) is 0 Å². The Kier molecular flexibility index (Phi) is 3.70. The molecule has 1 N–H and O–H groups in total. The molecule has 21 heavy (non-hydrogen) atoms. The lowest BCUT2D eigenvalue weighted by Crippen LogP contribution is -2.56. The minimum absolute atomic E-state index is 0.000789. The molecule has 2 aromatic heterocycles. The molecule has 3 heterocycles. The fourth-order valence-electron chi connectivity index (χ4n) is 2.39. The van der Waals surface area contributed by atoms with Crippen molar-refractivity contribution in [2.24, 2.45) is 0 Å². The summed E-state index contributed by atoms with van der Waals surface area (Å²) in [5, 5.41) is 4.71. The zero-order valence-electron chi connectivity index (χ0n) is 11.4. The van der Waals surface area contributed by atoms with Crippen LogP contribution >= 0.6 is 11.3 Å². The highest BCUT2D eigenvalue weighted by atomic mass is 32.1. The Hall–Kier alpha value is -2.22. The van der Waals surface area contributed by atoms with E-state index >= 15 is 0 Å². The van der Waals surface area contributed by atoms with E-state index in [0.717, 1.165) is 10.2 Å². The van der Waals surface area contributed by atoms with Crippen molar-refractivity contribution in [3.8, 4) is 0 Å². The molecule has 0 saturated carbocycles. The number of hydrogen-bond acceptors (Lipinski definition) is 7. The van der Waals surface area contributed by atoms with Crippen LogP contribution in [0.25, 0.3) is 10.2 Å². The van der Waals surface area contributed by atoms with Gasteiger partial charge in [0, 0.05) is 13.1 Å². The molecular formula is C13H14N4O3S. The van der Waals surface area contributed by atoms with Gasteiger partial charge in [0.1, 0.15) is 12.4 Å². The molecule has 1 saturated heterocycles. The number of esters is 1. The maximum atomic E-state index is 12.1. The fraction of sp³-hybridized carbons (Fsp3) is 0.385. The van der Waals surface area contributed by atoms with Crippen molar-refractivity contribution in [3.63, 3.8) is 0 Å². The van der Waals surface area contributed by atoms with Crippen LogP contribution < -0.4 is 10.2 Å². The number of piperazine rings is 1. The molecule has 0 radical (unpaired) electrons. The Bertz CT molecular complexity index is 687. The normalized spacial score (nSPS) is 18.6. The topological polar surface area (TPSA) is 84.4 Å². The van der Waals surface area contributed by atoms with Gasteiger partial charge in [0.25, 0.3) is 0 Å². The maximum absolute atomic E-state index is 12.1. The van der Waals surface area contributed by atoms with E-state index < -0.39 is 12.0 Å². The van der Waals surface area contributed by atoms with Crippen molar-refractivity contribution in [3.05, 3.63) is 17.8 Å². The van der Waals surface area contributed by atoms with Gasteiger partial charge < -0.3 is 15.0 Å². The molecule has 7 nitrogen and oxygen atoms in total. The van der Waals surface area contributed by atoms with Crippen LogP contribution in [0.3, 0.4) is 0 Å². The van der Waals surface area contributed by atoms with Gasteiger partial charge in [-0.1, -0.05) is 0 Å². The summed E-state index contributed by atoms with van der Waals surface area (Å²) in [6.07, 6.45) is 1.48. The lowest BCUT2D eigenvalue weighted by atomic mass is 10.1. The molecule has 0 unspecified atom stereocenters. The number of ether oxygens (including phenoxy) is 1. The number of rotatable bonds is 3. The third-order valence-electron chi connectivity index (χ3n) is 3.41. The standard InChI is InChI=1S/C13H14N4O3S/c1-20-10(18)6-9-13(19)14-3-4-17(9)12-11-8(2-5-21-11)15-7-16-12/h2,5,7,9H,3-4,6H2,1H3,(H,14,19)/t9-/m1/s1. The monoisotopic (exact) mass is 306 g/mol. The van der Waals surface area contributed by atoms with Gasteiger partial charge in [-0.3, -0.25) is 9.59 Å². The van der Waals surface area contributed by atoms with Crippen LogP contribution in [-0.4, -0.2) is 48.1 Å². The summed E-state index contributed by atoms with van der Waals surface area (Å²) in [6, 6.07) is 1.30. The Morgan fingerprint density at radius 2 is 2.43 bits per heavy atom. The summed E-state index contributed by atoms with van der Waals surface area (Å²) in [5.74, 6) is 0.0900. The van der Waals surface area contributed by atoms with Crippen molar-refractivity contribution < 1.29 is 14.3 Å². The van der Waals surface area contributed by atoms with Gasteiger partial charge in [-0.05, 0) is 11.4 Å². The maximum Gasteiger partial charge on any atom is 0.308 e. The summed E-state index contributed by atoms with van der Waals surface area (Å²) in [5.41, 5.74) is 0.841. The SMILES string of the molecule is COC(=O)C[C@@H]1C(=O)NCCN1c1ncnc2ccsc12. The molecule has 1 atom stereocenters. The second kappa shape index (κ2) is 5.65. The molecule has 110 valence electrons. The third-order valence-corrected chi connectivity index (χ3v) is 4.31. The van der Waals surface area contributed by atoms with E-state index in [-0.39, 0.29) is 12.3 Å². The van der Waals surface area contributed by atoms with Crippen molar-refractivity contribution in [2.45, 2.75) is 12.5 Å². The average molecular weight is 306 g/mol. The molecule has 1 aliphatic rings. The summed E-state index contributed by atoms with van der Waals surface area (Å²) in [4.78, 5) is 34.0. The van der Waals surface area contributed by atoms with Crippen LogP contribution in [-0.2, 0) is 14.3 Å². The molecule has 1 fully saturated rings. The Morgan fingerprint density at radius 1 is 1.57 bits per heavy atom. The van der Waals surface area contributed by atoms with Gasteiger partial charge in [-0.2, -0.15) is 0 Å². The second-order valence-electron chi connectivity index (χ2n) is 4.61. The summed E-state index contributed by atoms with van der Waals surface area (Å²) < 4.78 is 5.60.